The van der Waals surface area contributed by atoms with Crippen molar-refractivity contribution in [1.29, 1.82) is 0 Å². The molecule has 0 fully saturated rings. The lowest BCUT2D eigenvalue weighted by molar-refractivity contribution is -0.00000649. The molecule has 4 heteroatoms. The zero-order valence-corrected chi connectivity index (χ0v) is 20.8. The van der Waals surface area contributed by atoms with Gasteiger partial charge in [-0.2, -0.15) is 0 Å². The molecule has 1 aliphatic rings. The lowest BCUT2D eigenvalue weighted by Gasteiger charge is -2.28. The minimum Gasteiger partial charge on any atom is -1.00 e. The Kier molecular flexibility index (Phi) is 7.39. The molecule has 5 rings (SSSR count). The first kappa shape index (κ1) is 22.7. The van der Waals surface area contributed by atoms with Crippen LogP contribution in [0.3, 0.4) is 0 Å². The van der Waals surface area contributed by atoms with Crippen molar-refractivity contribution in [3.8, 4) is 0 Å². The largest absolute Gasteiger partial charge is 1.00 e. The summed E-state index contributed by atoms with van der Waals surface area (Å²) in [5.41, 5.74) is 1.05. The molecule has 0 bridgehead atoms. The molecule has 0 amide bonds. The Morgan fingerprint density at radius 3 is 1.47 bits per heavy atom. The molecule has 0 aromatic heterocycles. The fourth-order valence-corrected chi connectivity index (χ4v) is 8.76. The van der Waals surface area contributed by atoms with E-state index in [4.69, 9.17) is 9.73 Å². The molecule has 160 valence electrons. The van der Waals surface area contributed by atoms with Gasteiger partial charge in [0.15, 0.2) is 0 Å². The van der Waals surface area contributed by atoms with Crippen molar-refractivity contribution >= 4 is 29.1 Å². The zero-order chi connectivity index (χ0) is 20.9. The van der Waals surface area contributed by atoms with Crippen LogP contribution in [0.15, 0.2) is 126 Å². The molecule has 1 aliphatic heterocycles. The predicted molar refractivity (Wildman–Crippen MR) is 133 cm³/mol. The van der Waals surface area contributed by atoms with Crippen LogP contribution in [0, 0.1) is 0 Å². The monoisotopic (exact) mass is 549 g/mol. The molecule has 0 aliphatic carbocycles. The first-order valence-electron chi connectivity index (χ1n) is 10.7. The van der Waals surface area contributed by atoms with E-state index in [9.17, 15) is 0 Å². The van der Waals surface area contributed by atoms with Crippen LogP contribution in [0.5, 0.6) is 0 Å². The SMILES string of the molecule is [I-].c1ccc(C2=N[C@@H](C[P+](c3ccccc3)(c3ccccc3)c3ccccc3)CO2)cc1. The van der Waals surface area contributed by atoms with Gasteiger partial charge in [-0.25, -0.2) is 4.99 Å². The van der Waals surface area contributed by atoms with E-state index in [0.29, 0.717) is 6.61 Å². The van der Waals surface area contributed by atoms with E-state index in [0.717, 1.165) is 17.6 Å². The maximum atomic E-state index is 6.07. The molecule has 32 heavy (non-hydrogen) atoms. The molecule has 0 spiro atoms. The smallest absolute Gasteiger partial charge is 0.216 e. The highest BCUT2D eigenvalue weighted by molar-refractivity contribution is 7.95. The molecule has 0 saturated carbocycles. The Morgan fingerprint density at radius 1 is 0.625 bits per heavy atom. The van der Waals surface area contributed by atoms with E-state index in [1.165, 1.54) is 15.9 Å². The first-order chi connectivity index (χ1) is 15.4. The van der Waals surface area contributed by atoms with E-state index in [-0.39, 0.29) is 30.0 Å². The van der Waals surface area contributed by atoms with Crippen LogP contribution in [0.4, 0.5) is 0 Å². The molecule has 2 nitrogen and oxygen atoms in total. The van der Waals surface area contributed by atoms with Crippen molar-refractivity contribution in [2.75, 3.05) is 12.8 Å². The van der Waals surface area contributed by atoms with Crippen molar-refractivity contribution < 1.29 is 28.7 Å². The molecule has 1 atom stereocenters. The van der Waals surface area contributed by atoms with E-state index in [1.54, 1.807) is 0 Å². The van der Waals surface area contributed by atoms with Crippen LogP contribution in [0.1, 0.15) is 5.56 Å². The lowest BCUT2D eigenvalue weighted by Crippen LogP contribution is -3.00. The van der Waals surface area contributed by atoms with E-state index in [2.05, 4.69) is 103 Å². The Labute approximate surface area is 207 Å². The van der Waals surface area contributed by atoms with Gasteiger partial charge in [0.25, 0.3) is 0 Å². The van der Waals surface area contributed by atoms with Crippen molar-refractivity contribution in [3.05, 3.63) is 127 Å². The second kappa shape index (κ2) is 10.4. The van der Waals surface area contributed by atoms with Gasteiger partial charge in [0.2, 0.25) is 5.90 Å². The fraction of sp³-hybridized carbons (Fsp3) is 0.107. The predicted octanol–water partition coefficient (Wildman–Crippen LogP) is 1.83. The normalized spacial score (nSPS) is 15.4. The van der Waals surface area contributed by atoms with Gasteiger partial charge in [-0.05, 0) is 48.5 Å². The maximum absolute atomic E-state index is 6.07. The average molecular weight is 549 g/mol. The van der Waals surface area contributed by atoms with Gasteiger partial charge in [-0.1, -0.05) is 72.8 Å². The quantitative estimate of drug-likeness (QED) is 0.266. The van der Waals surface area contributed by atoms with Gasteiger partial charge in [0, 0.05) is 5.56 Å². The van der Waals surface area contributed by atoms with Gasteiger partial charge in [0.1, 0.15) is 35.8 Å². The molecule has 4 aromatic carbocycles. The topological polar surface area (TPSA) is 21.6 Å². The molecule has 0 unspecified atom stereocenters. The minimum atomic E-state index is -1.91. The van der Waals surface area contributed by atoms with Crippen LogP contribution in [-0.2, 0) is 4.74 Å². The lowest BCUT2D eigenvalue weighted by atomic mass is 10.2. The summed E-state index contributed by atoms with van der Waals surface area (Å²) in [5, 5.41) is 4.15. The van der Waals surface area contributed by atoms with Crippen LogP contribution in [0.2, 0.25) is 0 Å². The number of hydrogen-bond donors (Lipinski definition) is 0. The zero-order valence-electron chi connectivity index (χ0n) is 17.7. The number of ether oxygens (including phenoxy) is 1. The standard InChI is InChI=1S/C28H25NOP.HI/c1-5-13-23(14-6-1)28-29-24(21-30-28)22-31(25-15-7-2-8-16-25,26-17-9-3-10-18-26)27-19-11-4-12-20-27;/h1-20,24H,21-22H2;1H/q+1;/p-1/t24-;/m1./s1. The Bertz CT molecular complexity index is 1050. The molecule has 0 radical (unpaired) electrons. The summed E-state index contributed by atoms with van der Waals surface area (Å²) in [6, 6.07) is 43.2. The Morgan fingerprint density at radius 2 is 1.03 bits per heavy atom. The third-order valence-electron chi connectivity index (χ3n) is 5.81. The highest BCUT2D eigenvalue weighted by atomic mass is 127. The van der Waals surface area contributed by atoms with Gasteiger partial charge >= 0.3 is 0 Å². The van der Waals surface area contributed by atoms with Gasteiger partial charge in [-0.3, -0.25) is 0 Å². The third-order valence-corrected chi connectivity index (χ3v) is 10.3. The number of halogens is 1. The van der Waals surface area contributed by atoms with Crippen LogP contribution in [0.25, 0.3) is 0 Å². The second-order valence-corrected chi connectivity index (χ2v) is 11.3. The summed E-state index contributed by atoms with van der Waals surface area (Å²) < 4.78 is 6.07. The number of nitrogens with zero attached hydrogens (tertiary/aromatic N) is 1. The summed E-state index contributed by atoms with van der Waals surface area (Å²) in [5.74, 6) is 0.762. The molecule has 1 heterocycles. The van der Waals surface area contributed by atoms with E-state index in [1.807, 2.05) is 18.2 Å². The highest BCUT2D eigenvalue weighted by Gasteiger charge is 2.48. The summed E-state index contributed by atoms with van der Waals surface area (Å²) in [6.45, 7) is 0.623. The van der Waals surface area contributed by atoms with Gasteiger partial charge < -0.3 is 28.7 Å². The number of aliphatic imine (C=N–C) groups is 1. The van der Waals surface area contributed by atoms with Crippen molar-refractivity contribution in [1.82, 2.24) is 0 Å². The minimum absolute atomic E-state index is 0. The number of rotatable bonds is 6. The van der Waals surface area contributed by atoms with Crippen LogP contribution >= 0.6 is 7.26 Å². The van der Waals surface area contributed by atoms with Crippen LogP contribution in [-0.4, -0.2) is 24.7 Å². The number of benzene rings is 4. The van der Waals surface area contributed by atoms with Gasteiger partial charge in [0.05, 0.1) is 6.16 Å². The number of hydrogen-bond acceptors (Lipinski definition) is 2. The molecule has 0 N–H and O–H groups in total. The Balaban J connectivity index is 0.00000245. The fourth-order valence-electron chi connectivity index (χ4n) is 4.37. The first-order valence-corrected chi connectivity index (χ1v) is 12.6. The summed E-state index contributed by atoms with van der Waals surface area (Å²) in [7, 11) is -1.91. The van der Waals surface area contributed by atoms with Crippen molar-refractivity contribution in [3.63, 3.8) is 0 Å². The second-order valence-electron chi connectivity index (χ2n) is 7.76. The van der Waals surface area contributed by atoms with Crippen molar-refractivity contribution in [2.24, 2.45) is 4.99 Å². The molecular formula is C28H25INOP. The maximum Gasteiger partial charge on any atom is 0.216 e. The van der Waals surface area contributed by atoms with Crippen LogP contribution < -0.4 is 39.9 Å². The highest BCUT2D eigenvalue weighted by Crippen LogP contribution is 2.56. The summed E-state index contributed by atoms with van der Waals surface area (Å²) in [4.78, 5) is 5.04. The van der Waals surface area contributed by atoms with E-state index >= 15 is 0 Å². The van der Waals surface area contributed by atoms with Gasteiger partial charge in [-0.15, -0.1) is 0 Å². The third kappa shape index (κ3) is 4.51. The Hall–Kier alpha value is -2.49. The summed E-state index contributed by atoms with van der Waals surface area (Å²) >= 11 is 0. The molecule has 0 saturated heterocycles. The molecule has 4 aromatic rings. The average Bonchev–Trinajstić information content (AvgIpc) is 3.33. The summed E-state index contributed by atoms with van der Waals surface area (Å²) in [6.07, 6.45) is 0.946. The van der Waals surface area contributed by atoms with E-state index < -0.39 is 7.26 Å². The molecular weight excluding hydrogens is 524 g/mol. The van der Waals surface area contributed by atoms with Crippen molar-refractivity contribution in [2.45, 2.75) is 6.04 Å².